The van der Waals surface area contributed by atoms with Crippen molar-refractivity contribution in [3.63, 3.8) is 0 Å². The summed E-state index contributed by atoms with van der Waals surface area (Å²) in [6, 6.07) is 0.296. The number of nitrogens with zero attached hydrogens (tertiary/aromatic N) is 2. The van der Waals surface area contributed by atoms with Gasteiger partial charge in [0.15, 0.2) is 0 Å². The van der Waals surface area contributed by atoms with Gasteiger partial charge in [-0.25, -0.2) is 4.68 Å². The lowest BCUT2D eigenvalue weighted by Gasteiger charge is -2.21. The number of nitrogens with one attached hydrogen (secondary N) is 1. The van der Waals surface area contributed by atoms with Gasteiger partial charge in [-0.05, 0) is 31.7 Å². The molecule has 0 amide bonds. The van der Waals surface area contributed by atoms with Crippen LogP contribution in [0.2, 0.25) is 5.02 Å². The molecule has 1 aromatic heterocycles. The van der Waals surface area contributed by atoms with Gasteiger partial charge >= 0.3 is 0 Å². The number of halogens is 1. The van der Waals surface area contributed by atoms with Crippen LogP contribution in [0.3, 0.4) is 0 Å². The van der Waals surface area contributed by atoms with Gasteiger partial charge < -0.3 is 11.1 Å². The van der Waals surface area contributed by atoms with Crippen molar-refractivity contribution in [1.29, 1.82) is 0 Å². The Balaban J connectivity index is 2.13. The Morgan fingerprint density at radius 1 is 1.55 bits per heavy atom. The summed E-state index contributed by atoms with van der Waals surface area (Å²) in [4.78, 5) is 12.1. The molecule has 2 rings (SSSR count). The molecule has 1 fully saturated rings. The van der Waals surface area contributed by atoms with Crippen LogP contribution >= 0.6 is 11.6 Å². The predicted molar refractivity (Wildman–Crippen MR) is 82.2 cm³/mol. The molecule has 2 unspecified atom stereocenters. The van der Waals surface area contributed by atoms with E-state index in [2.05, 4.69) is 17.3 Å². The first-order valence-corrected chi connectivity index (χ1v) is 7.77. The minimum atomic E-state index is -0.215. The average Bonchev–Trinajstić information content (AvgIpc) is 2.90. The second kappa shape index (κ2) is 7.09. The smallest absolute Gasteiger partial charge is 0.287 e. The number of hydrogen-bond acceptors (Lipinski definition) is 4. The molecular weight excluding hydrogens is 276 g/mol. The minimum Gasteiger partial charge on any atom is -0.379 e. The molecule has 0 radical (unpaired) electrons. The highest BCUT2D eigenvalue weighted by atomic mass is 35.5. The Morgan fingerprint density at radius 2 is 2.35 bits per heavy atom. The van der Waals surface area contributed by atoms with E-state index in [1.54, 1.807) is 6.20 Å². The first-order valence-electron chi connectivity index (χ1n) is 7.39. The highest BCUT2D eigenvalue weighted by molar-refractivity contribution is 6.32. The van der Waals surface area contributed by atoms with Gasteiger partial charge in [0.2, 0.25) is 0 Å². The molecule has 3 N–H and O–H groups in total. The Morgan fingerprint density at radius 3 is 3.05 bits per heavy atom. The minimum absolute atomic E-state index is 0.215. The van der Waals surface area contributed by atoms with Gasteiger partial charge in [-0.2, -0.15) is 5.10 Å². The molecule has 5 nitrogen and oxygen atoms in total. The molecule has 6 heteroatoms. The molecule has 20 heavy (non-hydrogen) atoms. The van der Waals surface area contributed by atoms with E-state index in [1.807, 2.05) is 0 Å². The number of aryl methyl sites for hydroxylation is 1. The van der Waals surface area contributed by atoms with Crippen LogP contribution in [0.1, 0.15) is 39.0 Å². The van der Waals surface area contributed by atoms with E-state index in [0.717, 1.165) is 32.1 Å². The van der Waals surface area contributed by atoms with Crippen LogP contribution in [0.5, 0.6) is 0 Å². The summed E-state index contributed by atoms with van der Waals surface area (Å²) in [5.74, 6) is 0.452. The third-order valence-electron chi connectivity index (χ3n) is 4.01. The van der Waals surface area contributed by atoms with E-state index in [9.17, 15) is 4.79 Å². The largest absolute Gasteiger partial charge is 0.379 e. The van der Waals surface area contributed by atoms with Crippen molar-refractivity contribution in [3.05, 3.63) is 21.6 Å². The van der Waals surface area contributed by atoms with Gasteiger partial charge in [0, 0.05) is 12.6 Å². The summed E-state index contributed by atoms with van der Waals surface area (Å²) in [7, 11) is 0. The molecule has 0 saturated heterocycles. The van der Waals surface area contributed by atoms with E-state index in [0.29, 0.717) is 30.7 Å². The number of unbranched alkanes of at least 4 members (excludes halogenated alkanes) is 1. The zero-order valence-corrected chi connectivity index (χ0v) is 12.7. The van der Waals surface area contributed by atoms with Crippen molar-refractivity contribution < 1.29 is 0 Å². The molecule has 1 aliphatic rings. The van der Waals surface area contributed by atoms with Crippen molar-refractivity contribution >= 4 is 17.3 Å². The van der Waals surface area contributed by atoms with Crippen molar-refractivity contribution in [1.82, 2.24) is 9.78 Å². The monoisotopic (exact) mass is 298 g/mol. The third kappa shape index (κ3) is 3.33. The van der Waals surface area contributed by atoms with Gasteiger partial charge in [-0.1, -0.05) is 31.4 Å². The van der Waals surface area contributed by atoms with Crippen LogP contribution in [0, 0.1) is 5.92 Å². The van der Waals surface area contributed by atoms with Gasteiger partial charge in [-0.3, -0.25) is 4.79 Å². The Hall–Kier alpha value is -1.07. The highest BCUT2D eigenvalue weighted by Gasteiger charge is 2.26. The number of rotatable bonds is 6. The standard InChI is InChI=1S/C14H23ClN4O/c1-2-3-7-19-14(20)13(15)12(9-17-19)18-11-6-4-5-10(11)8-16/h9-11,18H,2-8,16H2,1H3. The summed E-state index contributed by atoms with van der Waals surface area (Å²) < 4.78 is 1.44. The number of aromatic nitrogens is 2. The van der Waals surface area contributed by atoms with Gasteiger partial charge in [-0.15, -0.1) is 0 Å². The van der Waals surface area contributed by atoms with Crippen LogP contribution in [-0.2, 0) is 6.54 Å². The lowest BCUT2D eigenvalue weighted by atomic mass is 10.0. The molecule has 2 atom stereocenters. The van der Waals surface area contributed by atoms with E-state index in [4.69, 9.17) is 17.3 Å². The maximum absolute atomic E-state index is 12.1. The highest BCUT2D eigenvalue weighted by Crippen LogP contribution is 2.29. The predicted octanol–water partition coefficient (Wildman–Crippen LogP) is 2.24. The molecular formula is C14H23ClN4O. The summed E-state index contributed by atoms with van der Waals surface area (Å²) >= 11 is 6.18. The van der Waals surface area contributed by atoms with Gasteiger partial charge in [0.05, 0.1) is 11.9 Å². The van der Waals surface area contributed by atoms with Crippen molar-refractivity contribution in [2.24, 2.45) is 11.7 Å². The molecule has 0 bridgehead atoms. The molecule has 1 aromatic rings. The quantitative estimate of drug-likeness (QED) is 0.845. The van der Waals surface area contributed by atoms with Crippen LogP contribution < -0.4 is 16.6 Å². The Bertz CT molecular complexity index is 502. The SMILES string of the molecule is CCCCn1ncc(NC2CCCC2CN)c(Cl)c1=O. The average molecular weight is 299 g/mol. The fraction of sp³-hybridized carbons (Fsp3) is 0.714. The molecule has 0 aromatic carbocycles. The van der Waals surface area contributed by atoms with Crippen molar-refractivity contribution in [3.8, 4) is 0 Å². The van der Waals surface area contributed by atoms with E-state index in [1.165, 1.54) is 4.68 Å². The zero-order valence-electron chi connectivity index (χ0n) is 11.9. The molecule has 112 valence electrons. The molecule has 1 saturated carbocycles. The van der Waals surface area contributed by atoms with Crippen LogP contribution in [0.25, 0.3) is 0 Å². The lowest BCUT2D eigenvalue weighted by molar-refractivity contribution is 0.514. The van der Waals surface area contributed by atoms with Crippen LogP contribution in [-0.4, -0.2) is 22.4 Å². The molecule has 1 aliphatic carbocycles. The second-order valence-corrected chi connectivity index (χ2v) is 5.81. The van der Waals surface area contributed by atoms with Crippen molar-refractivity contribution in [2.45, 2.75) is 51.6 Å². The molecule has 0 spiro atoms. The third-order valence-corrected chi connectivity index (χ3v) is 4.38. The first-order chi connectivity index (χ1) is 9.67. The number of anilines is 1. The molecule has 1 heterocycles. The topological polar surface area (TPSA) is 72.9 Å². The zero-order chi connectivity index (χ0) is 14.5. The first kappa shape index (κ1) is 15.3. The Kier molecular flexibility index (Phi) is 5.43. The van der Waals surface area contributed by atoms with Gasteiger partial charge in [0.25, 0.3) is 5.56 Å². The maximum Gasteiger partial charge on any atom is 0.287 e. The maximum atomic E-state index is 12.1. The summed E-state index contributed by atoms with van der Waals surface area (Å²) in [5, 5.41) is 7.78. The van der Waals surface area contributed by atoms with Gasteiger partial charge in [0.1, 0.15) is 5.02 Å². The van der Waals surface area contributed by atoms with E-state index >= 15 is 0 Å². The summed E-state index contributed by atoms with van der Waals surface area (Å²) in [6.45, 7) is 3.36. The fourth-order valence-electron chi connectivity index (χ4n) is 2.74. The van der Waals surface area contributed by atoms with E-state index in [-0.39, 0.29) is 10.6 Å². The Labute approximate surface area is 124 Å². The number of nitrogens with two attached hydrogens (primary N) is 1. The fourth-order valence-corrected chi connectivity index (χ4v) is 2.94. The lowest BCUT2D eigenvalue weighted by Crippen LogP contribution is -2.31. The summed E-state index contributed by atoms with van der Waals surface area (Å²) in [6.07, 6.45) is 6.97. The normalized spacial score (nSPS) is 22.1. The molecule has 0 aliphatic heterocycles. The summed E-state index contributed by atoms with van der Waals surface area (Å²) in [5.41, 5.74) is 6.19. The van der Waals surface area contributed by atoms with Crippen molar-refractivity contribution in [2.75, 3.05) is 11.9 Å². The van der Waals surface area contributed by atoms with Crippen LogP contribution in [0.15, 0.2) is 11.0 Å². The number of hydrogen-bond donors (Lipinski definition) is 2. The second-order valence-electron chi connectivity index (χ2n) is 5.43. The van der Waals surface area contributed by atoms with Crippen LogP contribution in [0.4, 0.5) is 5.69 Å². The van der Waals surface area contributed by atoms with E-state index < -0.39 is 0 Å².